The Kier molecular flexibility index (Phi) is 4.17. The standard InChI is InChI=1S/C15H16N2O3S/c1-19-15(18)17-7-13-11-3-2-4-12(10(11)5-6-20-13)14-8-16-9-21-14/h2-4,8-9,13H,5-7H2,1H3,(H,17,18)/t13-/m1/s1. The lowest BCUT2D eigenvalue weighted by atomic mass is 9.92. The molecule has 2 heterocycles. The molecule has 6 heteroatoms. The van der Waals surface area contributed by atoms with Crippen LogP contribution in [0.5, 0.6) is 0 Å². The number of methoxy groups -OCH3 is 1. The summed E-state index contributed by atoms with van der Waals surface area (Å²) in [7, 11) is 1.35. The van der Waals surface area contributed by atoms with E-state index in [4.69, 9.17) is 4.74 Å². The highest BCUT2D eigenvalue weighted by atomic mass is 32.1. The Labute approximate surface area is 126 Å². The van der Waals surface area contributed by atoms with Crippen molar-refractivity contribution in [3.05, 3.63) is 41.0 Å². The minimum absolute atomic E-state index is 0.138. The van der Waals surface area contributed by atoms with E-state index in [0.29, 0.717) is 13.2 Å². The van der Waals surface area contributed by atoms with Gasteiger partial charge in [-0.05, 0) is 23.1 Å². The normalized spacial score (nSPS) is 17.1. The van der Waals surface area contributed by atoms with Crippen molar-refractivity contribution in [3.63, 3.8) is 0 Å². The van der Waals surface area contributed by atoms with Crippen molar-refractivity contribution in [2.75, 3.05) is 20.3 Å². The number of benzene rings is 1. The van der Waals surface area contributed by atoms with Crippen LogP contribution in [0.3, 0.4) is 0 Å². The van der Waals surface area contributed by atoms with E-state index in [1.807, 2.05) is 17.8 Å². The third-order valence-corrected chi connectivity index (χ3v) is 4.35. The predicted molar refractivity (Wildman–Crippen MR) is 80.4 cm³/mol. The van der Waals surface area contributed by atoms with E-state index in [9.17, 15) is 4.79 Å². The number of alkyl carbamates (subject to hydrolysis) is 1. The molecule has 0 bridgehead atoms. The van der Waals surface area contributed by atoms with Gasteiger partial charge in [-0.1, -0.05) is 18.2 Å². The molecule has 0 saturated carbocycles. The Morgan fingerprint density at radius 3 is 3.24 bits per heavy atom. The van der Waals surface area contributed by atoms with E-state index in [2.05, 4.69) is 27.2 Å². The summed E-state index contributed by atoms with van der Waals surface area (Å²) in [5.74, 6) is 0. The molecule has 0 saturated heterocycles. The van der Waals surface area contributed by atoms with E-state index in [0.717, 1.165) is 16.9 Å². The van der Waals surface area contributed by atoms with Gasteiger partial charge in [-0.2, -0.15) is 0 Å². The zero-order valence-corrected chi connectivity index (χ0v) is 12.5. The molecule has 1 N–H and O–H groups in total. The maximum absolute atomic E-state index is 11.2. The topological polar surface area (TPSA) is 60.5 Å². The molecule has 1 aliphatic heterocycles. The molecule has 0 aliphatic carbocycles. The lowest BCUT2D eigenvalue weighted by Gasteiger charge is -2.27. The van der Waals surface area contributed by atoms with Gasteiger partial charge in [0.1, 0.15) is 6.10 Å². The predicted octanol–water partition coefficient (Wildman–Crippen LogP) is 2.78. The summed E-state index contributed by atoms with van der Waals surface area (Å²) in [6, 6.07) is 6.19. The minimum atomic E-state index is -0.440. The molecule has 0 unspecified atom stereocenters. The quantitative estimate of drug-likeness (QED) is 0.947. The highest BCUT2D eigenvalue weighted by Gasteiger charge is 2.24. The number of hydrogen-bond acceptors (Lipinski definition) is 5. The van der Waals surface area contributed by atoms with E-state index in [-0.39, 0.29) is 6.10 Å². The van der Waals surface area contributed by atoms with Crippen LogP contribution >= 0.6 is 11.3 Å². The number of ether oxygens (including phenoxy) is 2. The summed E-state index contributed by atoms with van der Waals surface area (Å²) in [5.41, 5.74) is 5.46. The fourth-order valence-electron chi connectivity index (χ4n) is 2.58. The molecule has 0 radical (unpaired) electrons. The number of nitrogens with one attached hydrogen (secondary N) is 1. The third kappa shape index (κ3) is 2.91. The van der Waals surface area contributed by atoms with Crippen LogP contribution < -0.4 is 5.32 Å². The lowest BCUT2D eigenvalue weighted by molar-refractivity contribution is 0.0421. The summed E-state index contributed by atoms with van der Waals surface area (Å²) in [5, 5.41) is 2.70. The van der Waals surface area contributed by atoms with Crippen molar-refractivity contribution in [1.29, 1.82) is 0 Å². The molecule has 2 aromatic rings. The maximum Gasteiger partial charge on any atom is 0.406 e. The Bertz CT molecular complexity index is 628. The summed E-state index contributed by atoms with van der Waals surface area (Å²) < 4.78 is 10.4. The lowest BCUT2D eigenvalue weighted by Crippen LogP contribution is -2.31. The zero-order valence-electron chi connectivity index (χ0n) is 11.7. The van der Waals surface area contributed by atoms with Crippen LogP contribution in [0.4, 0.5) is 4.79 Å². The van der Waals surface area contributed by atoms with Crippen LogP contribution in [0.25, 0.3) is 10.4 Å². The second-order valence-electron chi connectivity index (χ2n) is 4.72. The molecule has 0 fully saturated rings. The van der Waals surface area contributed by atoms with Crippen LogP contribution in [0.1, 0.15) is 17.2 Å². The van der Waals surface area contributed by atoms with Gasteiger partial charge in [0.25, 0.3) is 0 Å². The van der Waals surface area contributed by atoms with Gasteiger partial charge in [0.05, 0.1) is 30.6 Å². The van der Waals surface area contributed by atoms with Gasteiger partial charge in [-0.3, -0.25) is 4.98 Å². The number of thiazole rings is 1. The molecule has 1 aliphatic rings. The molecule has 1 aromatic carbocycles. The molecular weight excluding hydrogens is 288 g/mol. The van der Waals surface area contributed by atoms with Gasteiger partial charge in [0.15, 0.2) is 0 Å². The summed E-state index contributed by atoms with van der Waals surface area (Å²) in [6.07, 6.45) is 2.18. The second-order valence-corrected chi connectivity index (χ2v) is 5.61. The monoisotopic (exact) mass is 304 g/mol. The van der Waals surface area contributed by atoms with E-state index >= 15 is 0 Å². The van der Waals surface area contributed by atoms with Crippen LogP contribution in [-0.2, 0) is 15.9 Å². The van der Waals surface area contributed by atoms with Gasteiger partial charge in [0.2, 0.25) is 0 Å². The number of fused-ring (bicyclic) bond motifs is 1. The van der Waals surface area contributed by atoms with Crippen molar-refractivity contribution < 1.29 is 14.3 Å². The van der Waals surface area contributed by atoms with Crippen molar-refractivity contribution in [1.82, 2.24) is 10.3 Å². The van der Waals surface area contributed by atoms with Gasteiger partial charge < -0.3 is 14.8 Å². The van der Waals surface area contributed by atoms with Gasteiger partial charge >= 0.3 is 6.09 Å². The fourth-order valence-corrected chi connectivity index (χ4v) is 3.25. The fraction of sp³-hybridized carbons (Fsp3) is 0.333. The number of aromatic nitrogens is 1. The average Bonchev–Trinajstić information content (AvgIpc) is 3.06. The Balaban J connectivity index is 1.88. The second kappa shape index (κ2) is 6.24. The number of rotatable bonds is 3. The van der Waals surface area contributed by atoms with E-state index in [1.54, 1.807) is 11.3 Å². The third-order valence-electron chi connectivity index (χ3n) is 3.55. The van der Waals surface area contributed by atoms with Gasteiger partial charge in [0, 0.05) is 6.20 Å². The van der Waals surface area contributed by atoms with Crippen molar-refractivity contribution in [2.24, 2.45) is 0 Å². The maximum atomic E-state index is 11.2. The molecular formula is C15H16N2O3S. The highest BCUT2D eigenvalue weighted by Crippen LogP contribution is 2.35. The van der Waals surface area contributed by atoms with E-state index in [1.165, 1.54) is 18.2 Å². The molecule has 1 atom stereocenters. The minimum Gasteiger partial charge on any atom is -0.453 e. The SMILES string of the molecule is COC(=O)NC[C@H]1OCCc2c(-c3cncs3)cccc21. The number of carbonyl (C=O) groups excluding carboxylic acids is 1. The highest BCUT2D eigenvalue weighted by molar-refractivity contribution is 7.13. The first kappa shape index (κ1) is 14.0. The summed E-state index contributed by atoms with van der Waals surface area (Å²) >= 11 is 1.63. The number of carbonyl (C=O) groups is 1. The molecule has 5 nitrogen and oxygen atoms in total. The molecule has 3 rings (SSSR count). The molecule has 1 amide bonds. The summed E-state index contributed by atoms with van der Waals surface area (Å²) in [6.45, 7) is 1.06. The molecule has 21 heavy (non-hydrogen) atoms. The molecule has 110 valence electrons. The first-order chi connectivity index (χ1) is 10.3. The Morgan fingerprint density at radius 1 is 1.57 bits per heavy atom. The Hall–Kier alpha value is -1.92. The van der Waals surface area contributed by atoms with Crippen LogP contribution in [0, 0.1) is 0 Å². The zero-order chi connectivity index (χ0) is 14.7. The van der Waals surface area contributed by atoms with Crippen LogP contribution in [-0.4, -0.2) is 31.3 Å². The van der Waals surface area contributed by atoms with Crippen LogP contribution in [0.15, 0.2) is 29.9 Å². The number of amides is 1. The van der Waals surface area contributed by atoms with Gasteiger partial charge in [-0.25, -0.2) is 4.79 Å². The number of nitrogens with zero attached hydrogens (tertiary/aromatic N) is 1. The first-order valence-corrected chi connectivity index (χ1v) is 7.61. The van der Waals surface area contributed by atoms with Crippen molar-refractivity contribution >= 4 is 17.4 Å². The molecule has 1 aromatic heterocycles. The van der Waals surface area contributed by atoms with Gasteiger partial charge in [-0.15, -0.1) is 11.3 Å². The van der Waals surface area contributed by atoms with Crippen molar-refractivity contribution in [3.8, 4) is 10.4 Å². The van der Waals surface area contributed by atoms with E-state index < -0.39 is 6.09 Å². The number of hydrogen-bond donors (Lipinski definition) is 1. The van der Waals surface area contributed by atoms with Crippen LogP contribution in [0.2, 0.25) is 0 Å². The first-order valence-electron chi connectivity index (χ1n) is 6.73. The van der Waals surface area contributed by atoms with Crippen molar-refractivity contribution in [2.45, 2.75) is 12.5 Å². The molecule has 0 spiro atoms. The average molecular weight is 304 g/mol. The summed E-state index contributed by atoms with van der Waals surface area (Å²) in [4.78, 5) is 16.5. The Morgan fingerprint density at radius 2 is 2.48 bits per heavy atom. The largest absolute Gasteiger partial charge is 0.453 e. The smallest absolute Gasteiger partial charge is 0.406 e.